The number of aliphatic hydroxyl groups excluding tert-OH is 1. The van der Waals surface area contributed by atoms with Crippen LogP contribution in [0.4, 0.5) is 0 Å². The molecule has 0 aliphatic rings. The Morgan fingerprint density at radius 2 is 1.89 bits per heavy atom. The zero-order chi connectivity index (χ0) is 13.0. The van der Waals surface area contributed by atoms with Gasteiger partial charge in [-0.2, -0.15) is 0 Å². The minimum absolute atomic E-state index is 0.102. The van der Waals surface area contributed by atoms with E-state index < -0.39 is 0 Å². The summed E-state index contributed by atoms with van der Waals surface area (Å²) in [5.74, 6) is 0.102. The summed E-state index contributed by atoms with van der Waals surface area (Å²) in [6, 6.07) is 16.1. The van der Waals surface area contributed by atoms with E-state index in [4.69, 9.17) is 11.6 Å². The maximum Gasteiger partial charge on any atom is 0.0502 e. The summed E-state index contributed by atoms with van der Waals surface area (Å²) in [5.41, 5.74) is 3.46. The first-order chi connectivity index (χ1) is 8.70. The first-order valence-electron chi connectivity index (χ1n) is 6.11. The monoisotopic (exact) mass is 260 g/mol. The predicted octanol–water partition coefficient (Wildman–Crippen LogP) is 3.97. The van der Waals surface area contributed by atoms with Crippen molar-refractivity contribution in [2.24, 2.45) is 0 Å². The second-order valence-electron chi connectivity index (χ2n) is 4.59. The fourth-order valence-corrected chi connectivity index (χ4v) is 2.35. The molecule has 0 fully saturated rings. The summed E-state index contributed by atoms with van der Waals surface area (Å²) in [4.78, 5) is 0. The van der Waals surface area contributed by atoms with Gasteiger partial charge in [0.1, 0.15) is 0 Å². The second-order valence-corrected chi connectivity index (χ2v) is 5.00. The summed E-state index contributed by atoms with van der Waals surface area (Å²) in [6.07, 6.45) is 0.764. The van der Waals surface area contributed by atoms with Gasteiger partial charge in [-0.1, -0.05) is 59.6 Å². The van der Waals surface area contributed by atoms with Crippen LogP contribution in [0.15, 0.2) is 48.5 Å². The largest absolute Gasteiger partial charge is 0.396 e. The van der Waals surface area contributed by atoms with Gasteiger partial charge in [-0.25, -0.2) is 0 Å². The number of rotatable bonds is 4. The van der Waals surface area contributed by atoms with Crippen molar-refractivity contribution >= 4 is 11.6 Å². The summed E-state index contributed by atoms with van der Waals surface area (Å²) in [5, 5.41) is 10.3. The van der Waals surface area contributed by atoms with Gasteiger partial charge in [0.15, 0.2) is 0 Å². The summed E-state index contributed by atoms with van der Waals surface area (Å²) >= 11 is 6.16. The number of benzene rings is 2. The second kappa shape index (κ2) is 6.03. The molecule has 0 saturated heterocycles. The Morgan fingerprint density at radius 3 is 2.56 bits per heavy atom. The van der Waals surface area contributed by atoms with E-state index in [1.165, 1.54) is 5.56 Å². The number of hydrogen-bond donors (Lipinski definition) is 1. The molecule has 2 aromatic carbocycles. The van der Waals surface area contributed by atoms with Crippen LogP contribution in [0.5, 0.6) is 0 Å². The number of aryl methyl sites for hydroxylation is 1. The summed E-state index contributed by atoms with van der Waals surface area (Å²) in [6.45, 7) is 2.20. The molecule has 94 valence electrons. The van der Waals surface area contributed by atoms with Crippen LogP contribution >= 0.6 is 11.6 Å². The van der Waals surface area contributed by atoms with Crippen molar-refractivity contribution in [1.82, 2.24) is 0 Å². The SMILES string of the molecule is Cc1cccc(C(CO)Cc2ccccc2Cl)c1. The van der Waals surface area contributed by atoms with Crippen molar-refractivity contribution in [2.75, 3.05) is 6.61 Å². The molecule has 0 heterocycles. The first-order valence-corrected chi connectivity index (χ1v) is 6.49. The van der Waals surface area contributed by atoms with Gasteiger partial charge in [0.25, 0.3) is 0 Å². The minimum Gasteiger partial charge on any atom is -0.396 e. The molecule has 2 heteroatoms. The highest BCUT2D eigenvalue weighted by molar-refractivity contribution is 6.31. The van der Waals surface area contributed by atoms with Crippen molar-refractivity contribution in [1.29, 1.82) is 0 Å². The lowest BCUT2D eigenvalue weighted by molar-refractivity contribution is 0.264. The number of halogens is 1. The predicted molar refractivity (Wildman–Crippen MR) is 76.2 cm³/mol. The van der Waals surface area contributed by atoms with Crippen molar-refractivity contribution in [3.05, 3.63) is 70.2 Å². The third kappa shape index (κ3) is 3.12. The van der Waals surface area contributed by atoms with E-state index >= 15 is 0 Å². The molecule has 1 N–H and O–H groups in total. The van der Waals surface area contributed by atoms with Crippen LogP contribution in [0.2, 0.25) is 5.02 Å². The molecule has 0 bridgehead atoms. The van der Waals surface area contributed by atoms with E-state index in [-0.39, 0.29) is 12.5 Å². The molecule has 0 spiro atoms. The maximum atomic E-state index is 9.58. The third-order valence-corrected chi connectivity index (χ3v) is 3.53. The molecule has 0 amide bonds. The minimum atomic E-state index is 0.102. The zero-order valence-electron chi connectivity index (χ0n) is 10.4. The Balaban J connectivity index is 2.23. The Hall–Kier alpha value is -1.31. The van der Waals surface area contributed by atoms with E-state index in [9.17, 15) is 5.11 Å². The molecule has 2 aromatic rings. The smallest absolute Gasteiger partial charge is 0.0502 e. The van der Waals surface area contributed by atoms with Crippen LogP contribution in [-0.4, -0.2) is 11.7 Å². The van der Waals surface area contributed by atoms with Crippen LogP contribution < -0.4 is 0 Å². The molecule has 0 aliphatic heterocycles. The van der Waals surface area contributed by atoms with Crippen molar-refractivity contribution in [3.8, 4) is 0 Å². The molecule has 1 nitrogen and oxygen atoms in total. The normalized spacial score (nSPS) is 12.4. The van der Waals surface area contributed by atoms with Crippen LogP contribution in [0.3, 0.4) is 0 Å². The van der Waals surface area contributed by atoms with Gasteiger partial charge in [0, 0.05) is 10.9 Å². The molecule has 0 saturated carbocycles. The van der Waals surface area contributed by atoms with Gasteiger partial charge < -0.3 is 5.11 Å². The molecule has 1 atom stereocenters. The van der Waals surface area contributed by atoms with E-state index in [0.717, 1.165) is 22.6 Å². The highest BCUT2D eigenvalue weighted by Gasteiger charge is 2.13. The third-order valence-electron chi connectivity index (χ3n) is 3.16. The van der Waals surface area contributed by atoms with Gasteiger partial charge in [-0.15, -0.1) is 0 Å². The molecule has 1 unspecified atom stereocenters. The molecule has 18 heavy (non-hydrogen) atoms. The fraction of sp³-hybridized carbons (Fsp3) is 0.250. The first kappa shape index (κ1) is 13.1. The lowest BCUT2D eigenvalue weighted by Gasteiger charge is -2.16. The van der Waals surface area contributed by atoms with Crippen molar-refractivity contribution < 1.29 is 5.11 Å². The van der Waals surface area contributed by atoms with E-state index in [0.29, 0.717) is 0 Å². The highest BCUT2D eigenvalue weighted by atomic mass is 35.5. The summed E-state index contributed by atoms with van der Waals surface area (Å²) in [7, 11) is 0. The van der Waals surface area contributed by atoms with Crippen LogP contribution in [0.25, 0.3) is 0 Å². The number of aliphatic hydroxyl groups is 1. The summed E-state index contributed by atoms with van der Waals surface area (Å²) < 4.78 is 0. The van der Waals surface area contributed by atoms with Gasteiger partial charge >= 0.3 is 0 Å². The van der Waals surface area contributed by atoms with Crippen molar-refractivity contribution in [2.45, 2.75) is 19.3 Å². The molecule has 2 rings (SSSR count). The van der Waals surface area contributed by atoms with Gasteiger partial charge in [-0.05, 0) is 30.5 Å². The van der Waals surface area contributed by atoms with Gasteiger partial charge in [-0.3, -0.25) is 0 Å². The zero-order valence-corrected chi connectivity index (χ0v) is 11.2. The topological polar surface area (TPSA) is 20.2 Å². The fourth-order valence-electron chi connectivity index (χ4n) is 2.14. The Bertz CT molecular complexity index is 522. The quantitative estimate of drug-likeness (QED) is 0.882. The van der Waals surface area contributed by atoms with Crippen LogP contribution in [0.1, 0.15) is 22.6 Å². The highest BCUT2D eigenvalue weighted by Crippen LogP contribution is 2.25. The Kier molecular flexibility index (Phi) is 4.40. The van der Waals surface area contributed by atoms with E-state index in [1.807, 2.05) is 30.3 Å². The average Bonchev–Trinajstić information content (AvgIpc) is 2.38. The van der Waals surface area contributed by atoms with Crippen molar-refractivity contribution in [3.63, 3.8) is 0 Å². The molecular weight excluding hydrogens is 244 g/mol. The molecule has 0 aliphatic carbocycles. The lowest BCUT2D eigenvalue weighted by Crippen LogP contribution is -2.08. The number of hydrogen-bond acceptors (Lipinski definition) is 1. The lowest BCUT2D eigenvalue weighted by atomic mass is 9.92. The van der Waals surface area contributed by atoms with E-state index in [2.05, 4.69) is 25.1 Å². The Labute approximate surface area is 113 Å². The molecular formula is C16H17ClO. The average molecular weight is 261 g/mol. The standard InChI is InChI=1S/C16H17ClO/c1-12-5-4-7-13(9-12)15(11-18)10-14-6-2-3-8-16(14)17/h2-9,15,18H,10-11H2,1H3. The van der Waals surface area contributed by atoms with Crippen LogP contribution in [0, 0.1) is 6.92 Å². The van der Waals surface area contributed by atoms with Crippen LogP contribution in [-0.2, 0) is 6.42 Å². The molecule has 0 radical (unpaired) electrons. The van der Waals surface area contributed by atoms with E-state index in [1.54, 1.807) is 0 Å². The van der Waals surface area contributed by atoms with Gasteiger partial charge in [0.2, 0.25) is 0 Å². The molecule has 0 aromatic heterocycles. The van der Waals surface area contributed by atoms with Gasteiger partial charge in [0.05, 0.1) is 6.61 Å². The maximum absolute atomic E-state index is 9.58. The Morgan fingerprint density at radius 1 is 1.11 bits per heavy atom.